The molecule has 0 aliphatic carbocycles. The highest BCUT2D eigenvalue weighted by Gasteiger charge is 2.19. The lowest BCUT2D eigenvalue weighted by molar-refractivity contribution is -0.126. The van der Waals surface area contributed by atoms with E-state index in [1.807, 2.05) is 65.6 Å². The molecule has 2 N–H and O–H groups in total. The van der Waals surface area contributed by atoms with E-state index in [0.29, 0.717) is 18.9 Å². The van der Waals surface area contributed by atoms with Gasteiger partial charge in [-0.1, -0.05) is 30.3 Å². The van der Waals surface area contributed by atoms with Crippen molar-refractivity contribution in [2.24, 2.45) is 10.7 Å². The quantitative estimate of drug-likeness (QED) is 0.373. The highest BCUT2D eigenvalue weighted by Crippen LogP contribution is 2.21. The number of piperazine rings is 1. The van der Waals surface area contributed by atoms with Crippen molar-refractivity contribution in [3.8, 4) is 0 Å². The van der Waals surface area contributed by atoms with Crippen LogP contribution in [0.2, 0.25) is 0 Å². The number of alkyl halides is 1. The molecular formula is C21H23ClN4O. The predicted molar refractivity (Wildman–Crippen MR) is 113 cm³/mol. The number of rotatable bonds is 5. The summed E-state index contributed by atoms with van der Waals surface area (Å²) in [7, 11) is 0. The first-order valence-electron chi connectivity index (χ1n) is 8.92. The Morgan fingerprint density at radius 1 is 1.04 bits per heavy atom. The average molecular weight is 383 g/mol. The third-order valence-corrected chi connectivity index (χ3v) is 4.71. The van der Waals surface area contributed by atoms with Gasteiger partial charge in [-0.25, -0.2) is 4.99 Å². The summed E-state index contributed by atoms with van der Waals surface area (Å²) in [5.41, 5.74) is 8.59. The van der Waals surface area contributed by atoms with Crippen molar-refractivity contribution in [2.45, 2.75) is 0 Å². The van der Waals surface area contributed by atoms with Crippen LogP contribution in [0.1, 0.15) is 5.56 Å². The maximum atomic E-state index is 12.4. The summed E-state index contributed by atoms with van der Waals surface area (Å²) in [6, 6.07) is 17.7. The Bertz CT molecular complexity index is 810. The Kier molecular flexibility index (Phi) is 6.49. The minimum atomic E-state index is 0.0553. The summed E-state index contributed by atoms with van der Waals surface area (Å²) in [6.07, 6.45) is 3.51. The summed E-state index contributed by atoms with van der Waals surface area (Å²) in [4.78, 5) is 20.8. The number of amides is 1. The molecule has 0 radical (unpaired) electrons. The molecule has 0 saturated carbocycles. The summed E-state index contributed by atoms with van der Waals surface area (Å²) < 4.78 is 0. The highest BCUT2D eigenvalue weighted by molar-refractivity contribution is 6.28. The molecule has 1 saturated heterocycles. The maximum Gasteiger partial charge on any atom is 0.246 e. The zero-order valence-electron chi connectivity index (χ0n) is 15.1. The van der Waals surface area contributed by atoms with Gasteiger partial charge >= 0.3 is 0 Å². The van der Waals surface area contributed by atoms with E-state index < -0.39 is 0 Å². The second kappa shape index (κ2) is 9.24. The molecule has 1 fully saturated rings. The van der Waals surface area contributed by atoms with Crippen molar-refractivity contribution in [1.82, 2.24) is 4.90 Å². The minimum Gasteiger partial charge on any atom is -0.386 e. The van der Waals surface area contributed by atoms with Crippen LogP contribution in [-0.4, -0.2) is 48.7 Å². The number of amidine groups is 1. The van der Waals surface area contributed by atoms with E-state index in [1.54, 1.807) is 6.08 Å². The van der Waals surface area contributed by atoms with E-state index in [-0.39, 0.29) is 11.8 Å². The molecule has 6 heteroatoms. The zero-order chi connectivity index (χ0) is 19.1. The summed E-state index contributed by atoms with van der Waals surface area (Å²) in [5.74, 6) is 0.677. The van der Waals surface area contributed by atoms with Crippen molar-refractivity contribution >= 4 is 40.8 Å². The van der Waals surface area contributed by atoms with Crippen LogP contribution >= 0.6 is 11.6 Å². The van der Waals surface area contributed by atoms with E-state index in [1.165, 1.54) is 0 Å². The number of hydrogen-bond donors (Lipinski definition) is 1. The molecule has 0 atom stereocenters. The fourth-order valence-electron chi connectivity index (χ4n) is 2.96. The fourth-order valence-corrected chi connectivity index (χ4v) is 3.02. The van der Waals surface area contributed by atoms with Gasteiger partial charge in [0.1, 0.15) is 5.84 Å². The van der Waals surface area contributed by atoms with Gasteiger partial charge in [-0.2, -0.15) is 0 Å². The smallest absolute Gasteiger partial charge is 0.246 e. The van der Waals surface area contributed by atoms with Gasteiger partial charge in [-0.05, 0) is 35.9 Å². The number of aliphatic imine (C=N–C) groups is 1. The number of benzene rings is 2. The Morgan fingerprint density at radius 2 is 1.70 bits per heavy atom. The predicted octanol–water partition coefficient (Wildman–Crippen LogP) is 3.28. The van der Waals surface area contributed by atoms with Crippen molar-refractivity contribution < 1.29 is 4.79 Å². The number of anilines is 1. The van der Waals surface area contributed by atoms with Gasteiger partial charge in [0.2, 0.25) is 5.91 Å². The lowest BCUT2D eigenvalue weighted by atomic mass is 10.2. The standard InChI is InChI=1S/C21H23ClN4O/c22-16-20(23)24-18-7-9-19(10-8-18)25-12-14-26(15-13-25)21(27)11-6-17-4-2-1-3-5-17/h1-11H,12-16H2,(H2,23,24). The van der Waals surface area contributed by atoms with Crippen LogP contribution in [-0.2, 0) is 4.79 Å². The van der Waals surface area contributed by atoms with Crippen LogP contribution in [0.3, 0.4) is 0 Å². The molecule has 1 aliphatic rings. The van der Waals surface area contributed by atoms with Gasteiger partial charge in [0, 0.05) is 37.9 Å². The molecule has 0 unspecified atom stereocenters. The van der Waals surface area contributed by atoms with Crippen molar-refractivity contribution in [3.05, 3.63) is 66.2 Å². The third kappa shape index (κ3) is 5.34. The Balaban J connectivity index is 1.54. The van der Waals surface area contributed by atoms with Crippen LogP contribution < -0.4 is 10.6 Å². The maximum absolute atomic E-state index is 12.4. The molecule has 0 bridgehead atoms. The Morgan fingerprint density at radius 3 is 2.33 bits per heavy atom. The zero-order valence-corrected chi connectivity index (χ0v) is 15.8. The van der Waals surface area contributed by atoms with Crippen LogP contribution in [0.15, 0.2) is 65.7 Å². The highest BCUT2D eigenvalue weighted by atomic mass is 35.5. The molecule has 5 nitrogen and oxygen atoms in total. The number of hydrogen-bond acceptors (Lipinski definition) is 3. The van der Waals surface area contributed by atoms with E-state index in [9.17, 15) is 4.79 Å². The van der Waals surface area contributed by atoms with E-state index >= 15 is 0 Å². The number of carbonyl (C=O) groups excluding carboxylic acids is 1. The molecule has 1 heterocycles. The summed E-state index contributed by atoms with van der Waals surface area (Å²) >= 11 is 5.65. The molecular weight excluding hydrogens is 360 g/mol. The average Bonchev–Trinajstić information content (AvgIpc) is 2.73. The van der Waals surface area contributed by atoms with E-state index in [2.05, 4.69) is 9.89 Å². The van der Waals surface area contributed by atoms with Gasteiger partial charge in [-0.3, -0.25) is 4.79 Å². The number of nitrogens with two attached hydrogens (primary N) is 1. The Hall–Kier alpha value is -2.79. The van der Waals surface area contributed by atoms with Crippen LogP contribution in [0.5, 0.6) is 0 Å². The lowest BCUT2D eigenvalue weighted by Gasteiger charge is -2.35. The molecule has 27 heavy (non-hydrogen) atoms. The van der Waals surface area contributed by atoms with Gasteiger partial charge in [0.15, 0.2) is 0 Å². The molecule has 1 aliphatic heterocycles. The molecule has 2 aromatic rings. The number of halogens is 1. The van der Waals surface area contributed by atoms with Crippen molar-refractivity contribution in [2.75, 3.05) is 37.0 Å². The van der Waals surface area contributed by atoms with Crippen LogP contribution in [0, 0.1) is 0 Å². The molecule has 2 aromatic carbocycles. The topological polar surface area (TPSA) is 61.9 Å². The monoisotopic (exact) mass is 382 g/mol. The second-order valence-corrected chi connectivity index (χ2v) is 6.58. The lowest BCUT2D eigenvalue weighted by Crippen LogP contribution is -2.48. The summed E-state index contributed by atoms with van der Waals surface area (Å²) in [5, 5.41) is 0. The van der Waals surface area contributed by atoms with Crippen LogP contribution in [0.4, 0.5) is 11.4 Å². The van der Waals surface area contributed by atoms with Gasteiger partial charge < -0.3 is 15.5 Å². The fraction of sp³-hybridized carbons (Fsp3) is 0.238. The molecule has 0 aromatic heterocycles. The molecule has 1 amide bonds. The van der Waals surface area contributed by atoms with Crippen molar-refractivity contribution in [3.63, 3.8) is 0 Å². The van der Waals surface area contributed by atoms with Crippen LogP contribution in [0.25, 0.3) is 6.08 Å². The molecule has 0 spiro atoms. The number of nitrogens with zero attached hydrogens (tertiary/aromatic N) is 3. The first-order chi connectivity index (χ1) is 13.2. The third-order valence-electron chi connectivity index (χ3n) is 4.43. The summed E-state index contributed by atoms with van der Waals surface area (Å²) in [6.45, 7) is 3.02. The molecule has 140 valence electrons. The van der Waals surface area contributed by atoms with Gasteiger partial charge in [0.25, 0.3) is 0 Å². The SMILES string of the molecule is NC(CCl)=Nc1ccc(N2CCN(C(=O)C=Cc3ccccc3)CC2)cc1. The largest absolute Gasteiger partial charge is 0.386 e. The second-order valence-electron chi connectivity index (χ2n) is 6.31. The molecule has 3 rings (SSSR count). The minimum absolute atomic E-state index is 0.0553. The van der Waals surface area contributed by atoms with Gasteiger partial charge in [0.05, 0.1) is 11.6 Å². The van der Waals surface area contributed by atoms with E-state index in [0.717, 1.165) is 30.0 Å². The first kappa shape index (κ1) is 19.0. The van der Waals surface area contributed by atoms with E-state index in [4.69, 9.17) is 17.3 Å². The number of carbonyl (C=O) groups is 1. The normalized spacial score (nSPS) is 15.4. The Labute approximate surface area is 164 Å². The van der Waals surface area contributed by atoms with Crippen molar-refractivity contribution in [1.29, 1.82) is 0 Å². The van der Waals surface area contributed by atoms with Gasteiger partial charge in [-0.15, -0.1) is 11.6 Å². The first-order valence-corrected chi connectivity index (χ1v) is 9.45.